The van der Waals surface area contributed by atoms with Crippen LogP contribution in [0.15, 0.2) is 29.2 Å². The molecule has 5 heteroatoms. The number of methoxy groups -OCH3 is 1. The van der Waals surface area contributed by atoms with Crippen LogP contribution in [0.2, 0.25) is 0 Å². The van der Waals surface area contributed by atoms with Gasteiger partial charge in [-0.25, -0.2) is 4.79 Å². The SMILES string of the molecule is COCCOC(=O)Nc1cccc(SC)c1. The topological polar surface area (TPSA) is 47.6 Å². The summed E-state index contributed by atoms with van der Waals surface area (Å²) in [5.41, 5.74) is 0.731. The van der Waals surface area contributed by atoms with E-state index < -0.39 is 6.09 Å². The molecule has 0 saturated heterocycles. The van der Waals surface area contributed by atoms with Crippen molar-refractivity contribution in [3.8, 4) is 0 Å². The first kappa shape index (κ1) is 12.9. The number of benzene rings is 1. The summed E-state index contributed by atoms with van der Waals surface area (Å²) in [7, 11) is 1.56. The molecule has 88 valence electrons. The van der Waals surface area contributed by atoms with Crippen LogP contribution >= 0.6 is 11.8 Å². The van der Waals surface area contributed by atoms with Crippen molar-refractivity contribution in [3.05, 3.63) is 24.3 Å². The van der Waals surface area contributed by atoms with E-state index in [0.29, 0.717) is 6.61 Å². The van der Waals surface area contributed by atoms with E-state index in [1.807, 2.05) is 30.5 Å². The number of nitrogens with one attached hydrogen (secondary N) is 1. The summed E-state index contributed by atoms with van der Waals surface area (Å²) >= 11 is 1.62. The molecule has 0 spiro atoms. The highest BCUT2D eigenvalue weighted by Crippen LogP contribution is 2.18. The number of hydrogen-bond acceptors (Lipinski definition) is 4. The van der Waals surface area contributed by atoms with Crippen LogP contribution in [0, 0.1) is 0 Å². The third kappa shape index (κ3) is 4.55. The van der Waals surface area contributed by atoms with E-state index >= 15 is 0 Å². The molecule has 16 heavy (non-hydrogen) atoms. The van der Waals surface area contributed by atoms with E-state index in [1.165, 1.54) is 0 Å². The molecule has 1 aromatic carbocycles. The smallest absolute Gasteiger partial charge is 0.411 e. The summed E-state index contributed by atoms with van der Waals surface area (Å²) < 4.78 is 9.65. The standard InChI is InChI=1S/C11H15NO3S/c1-14-6-7-15-11(13)12-9-4-3-5-10(8-9)16-2/h3-5,8H,6-7H2,1-2H3,(H,12,13). The van der Waals surface area contributed by atoms with Crippen molar-refractivity contribution < 1.29 is 14.3 Å². The number of anilines is 1. The Hall–Kier alpha value is -1.20. The number of amides is 1. The predicted molar refractivity (Wildman–Crippen MR) is 65.1 cm³/mol. The van der Waals surface area contributed by atoms with Gasteiger partial charge in [0, 0.05) is 17.7 Å². The fraction of sp³-hybridized carbons (Fsp3) is 0.364. The van der Waals surface area contributed by atoms with Crippen molar-refractivity contribution in [3.63, 3.8) is 0 Å². The first-order valence-corrected chi connectivity index (χ1v) is 6.05. The highest BCUT2D eigenvalue weighted by Gasteiger charge is 2.02. The van der Waals surface area contributed by atoms with Crippen LogP contribution in [-0.2, 0) is 9.47 Å². The van der Waals surface area contributed by atoms with Crippen molar-refractivity contribution in [2.24, 2.45) is 0 Å². The molecule has 0 unspecified atom stereocenters. The number of thioether (sulfide) groups is 1. The van der Waals surface area contributed by atoms with Gasteiger partial charge >= 0.3 is 6.09 Å². The van der Waals surface area contributed by atoms with Gasteiger partial charge in [0.1, 0.15) is 6.61 Å². The molecule has 0 aliphatic heterocycles. The van der Waals surface area contributed by atoms with Crippen LogP contribution in [0.25, 0.3) is 0 Å². The van der Waals surface area contributed by atoms with Crippen LogP contribution < -0.4 is 5.32 Å². The molecule has 4 nitrogen and oxygen atoms in total. The van der Waals surface area contributed by atoms with Crippen molar-refractivity contribution in [2.75, 3.05) is 31.9 Å². The third-order valence-electron chi connectivity index (χ3n) is 1.84. The van der Waals surface area contributed by atoms with Crippen molar-refractivity contribution in [1.29, 1.82) is 0 Å². The van der Waals surface area contributed by atoms with E-state index in [2.05, 4.69) is 5.32 Å². The lowest BCUT2D eigenvalue weighted by Crippen LogP contribution is -2.16. The second-order valence-corrected chi connectivity index (χ2v) is 3.87. The van der Waals surface area contributed by atoms with Crippen molar-refractivity contribution in [2.45, 2.75) is 4.90 Å². The third-order valence-corrected chi connectivity index (χ3v) is 2.56. The summed E-state index contributed by atoms with van der Waals surface area (Å²) in [4.78, 5) is 12.4. The zero-order valence-corrected chi connectivity index (χ0v) is 10.2. The van der Waals surface area contributed by atoms with Gasteiger partial charge in [-0.3, -0.25) is 5.32 Å². The first-order chi connectivity index (χ1) is 7.76. The average Bonchev–Trinajstić information content (AvgIpc) is 2.29. The number of ether oxygens (including phenoxy) is 2. The Morgan fingerprint density at radius 2 is 2.25 bits per heavy atom. The van der Waals surface area contributed by atoms with Crippen LogP contribution in [0.3, 0.4) is 0 Å². The minimum Gasteiger partial charge on any atom is -0.447 e. The van der Waals surface area contributed by atoms with Gasteiger partial charge in [-0.2, -0.15) is 0 Å². The summed E-state index contributed by atoms with van der Waals surface area (Å²) in [5.74, 6) is 0. The minimum absolute atomic E-state index is 0.255. The van der Waals surface area contributed by atoms with Gasteiger partial charge < -0.3 is 9.47 Å². The Bertz CT molecular complexity index is 344. The lowest BCUT2D eigenvalue weighted by molar-refractivity contribution is 0.107. The number of carbonyl (C=O) groups excluding carboxylic acids is 1. The minimum atomic E-state index is -0.463. The van der Waals surface area contributed by atoms with Gasteiger partial charge in [-0.15, -0.1) is 11.8 Å². The molecule has 1 rings (SSSR count). The summed E-state index contributed by atoms with van der Waals surface area (Å²) in [6.07, 6.45) is 1.52. The summed E-state index contributed by atoms with van der Waals surface area (Å²) in [6, 6.07) is 7.57. The number of hydrogen-bond donors (Lipinski definition) is 1. The Morgan fingerprint density at radius 3 is 2.94 bits per heavy atom. The molecule has 0 aliphatic rings. The number of carbonyl (C=O) groups is 1. The largest absolute Gasteiger partial charge is 0.447 e. The van der Waals surface area contributed by atoms with E-state index in [0.717, 1.165) is 10.6 Å². The lowest BCUT2D eigenvalue weighted by Gasteiger charge is -2.07. The highest BCUT2D eigenvalue weighted by molar-refractivity contribution is 7.98. The fourth-order valence-electron chi connectivity index (χ4n) is 1.07. The molecular formula is C11H15NO3S. The van der Waals surface area contributed by atoms with Crippen LogP contribution in [0.4, 0.5) is 10.5 Å². The Kier molecular flexibility index (Phi) is 5.74. The zero-order chi connectivity index (χ0) is 11.8. The first-order valence-electron chi connectivity index (χ1n) is 4.83. The maximum atomic E-state index is 11.3. The average molecular weight is 241 g/mol. The lowest BCUT2D eigenvalue weighted by atomic mass is 10.3. The molecule has 0 bridgehead atoms. The molecule has 1 aromatic rings. The molecule has 0 aliphatic carbocycles. The summed E-state index contributed by atoms with van der Waals surface area (Å²) in [5, 5.41) is 2.65. The zero-order valence-electron chi connectivity index (χ0n) is 9.36. The molecule has 0 atom stereocenters. The molecule has 0 saturated carbocycles. The Balaban J connectivity index is 2.43. The molecule has 1 N–H and O–H groups in total. The quantitative estimate of drug-likeness (QED) is 0.636. The summed E-state index contributed by atoms with van der Waals surface area (Å²) in [6.45, 7) is 0.656. The van der Waals surface area contributed by atoms with Crippen molar-refractivity contribution in [1.82, 2.24) is 0 Å². The Labute approximate surface area is 99.3 Å². The van der Waals surface area contributed by atoms with Crippen LogP contribution in [0.1, 0.15) is 0 Å². The molecule has 0 aromatic heterocycles. The maximum absolute atomic E-state index is 11.3. The van der Waals surface area contributed by atoms with Gasteiger partial charge in [0.25, 0.3) is 0 Å². The van der Waals surface area contributed by atoms with E-state index in [9.17, 15) is 4.79 Å². The fourth-order valence-corrected chi connectivity index (χ4v) is 1.53. The van der Waals surface area contributed by atoms with Gasteiger partial charge in [0.15, 0.2) is 0 Å². The molecule has 0 heterocycles. The van der Waals surface area contributed by atoms with E-state index in [1.54, 1.807) is 18.9 Å². The van der Waals surface area contributed by atoms with Gasteiger partial charge in [-0.1, -0.05) is 6.07 Å². The van der Waals surface area contributed by atoms with E-state index in [-0.39, 0.29) is 6.61 Å². The van der Waals surface area contributed by atoms with Gasteiger partial charge in [-0.05, 0) is 24.5 Å². The van der Waals surface area contributed by atoms with Crippen LogP contribution in [0.5, 0.6) is 0 Å². The number of rotatable bonds is 5. The second kappa shape index (κ2) is 7.14. The molecule has 0 fully saturated rings. The van der Waals surface area contributed by atoms with E-state index in [4.69, 9.17) is 9.47 Å². The highest BCUT2D eigenvalue weighted by atomic mass is 32.2. The monoisotopic (exact) mass is 241 g/mol. The molecule has 0 radical (unpaired) electrons. The van der Waals surface area contributed by atoms with Crippen LogP contribution in [-0.4, -0.2) is 32.7 Å². The second-order valence-electron chi connectivity index (χ2n) is 2.99. The van der Waals surface area contributed by atoms with Crippen molar-refractivity contribution >= 4 is 23.5 Å². The molecular weight excluding hydrogens is 226 g/mol. The maximum Gasteiger partial charge on any atom is 0.411 e. The molecule has 1 amide bonds. The normalized spacial score (nSPS) is 9.88. The predicted octanol–water partition coefficient (Wildman–Crippen LogP) is 2.60. The Morgan fingerprint density at radius 1 is 1.44 bits per heavy atom. The van der Waals surface area contributed by atoms with Gasteiger partial charge in [0.05, 0.1) is 6.61 Å². The van der Waals surface area contributed by atoms with Gasteiger partial charge in [0.2, 0.25) is 0 Å².